The first-order chi connectivity index (χ1) is 4.84. The maximum Gasteiger partial charge on any atom is 0.00906 e. The van der Waals surface area contributed by atoms with Crippen LogP contribution < -0.4 is 5.73 Å². The third-order valence-electron chi connectivity index (χ3n) is 1.99. The summed E-state index contributed by atoms with van der Waals surface area (Å²) in [5, 5.41) is 0. The predicted octanol–water partition coefficient (Wildman–Crippen LogP) is 2.72. The Kier molecular flexibility index (Phi) is 3.81. The summed E-state index contributed by atoms with van der Waals surface area (Å²) in [5.41, 5.74) is 7.42. The third kappa shape index (κ3) is 5.02. The van der Waals surface area contributed by atoms with Gasteiger partial charge in [-0.15, -0.1) is 6.58 Å². The molecule has 0 heterocycles. The second-order valence-corrected chi connectivity index (χ2v) is 4.47. The number of nitrogens with two attached hydrogens (primary N) is 1. The van der Waals surface area contributed by atoms with Crippen molar-refractivity contribution < 1.29 is 0 Å². The normalized spacial score (nSPS) is 14.6. The zero-order valence-electron chi connectivity index (χ0n) is 8.28. The van der Waals surface area contributed by atoms with E-state index in [0.717, 1.165) is 12.8 Å². The van der Waals surface area contributed by atoms with Gasteiger partial charge in [0, 0.05) is 6.04 Å². The molecule has 0 saturated heterocycles. The first-order valence-electron chi connectivity index (χ1n) is 4.24. The average Bonchev–Trinajstić information content (AvgIpc) is 1.80. The minimum absolute atomic E-state index is 0.232. The third-order valence-corrected chi connectivity index (χ3v) is 1.99. The van der Waals surface area contributed by atoms with Gasteiger partial charge in [-0.3, -0.25) is 0 Å². The van der Waals surface area contributed by atoms with E-state index in [1.807, 2.05) is 0 Å². The highest BCUT2D eigenvalue weighted by atomic mass is 14.7. The van der Waals surface area contributed by atoms with E-state index >= 15 is 0 Å². The SMILES string of the molecule is C=C(C)CCC(N)C(C)(C)C. The Labute approximate surface area is 70.7 Å². The van der Waals surface area contributed by atoms with Crippen molar-refractivity contribution >= 4 is 0 Å². The van der Waals surface area contributed by atoms with E-state index in [2.05, 4.69) is 34.3 Å². The minimum atomic E-state index is 0.232. The topological polar surface area (TPSA) is 26.0 Å². The monoisotopic (exact) mass is 155 g/mol. The molecule has 1 atom stereocenters. The Morgan fingerprint density at radius 3 is 2.18 bits per heavy atom. The molecule has 0 aromatic heterocycles. The van der Waals surface area contributed by atoms with Gasteiger partial charge < -0.3 is 5.73 Å². The summed E-state index contributed by atoms with van der Waals surface area (Å²) in [5.74, 6) is 0. The van der Waals surface area contributed by atoms with Crippen LogP contribution in [0.3, 0.4) is 0 Å². The second-order valence-electron chi connectivity index (χ2n) is 4.47. The Balaban J connectivity index is 3.70. The van der Waals surface area contributed by atoms with Gasteiger partial charge in [-0.1, -0.05) is 26.3 Å². The molecule has 1 nitrogen and oxygen atoms in total. The van der Waals surface area contributed by atoms with Crippen LogP contribution in [0, 0.1) is 5.41 Å². The van der Waals surface area contributed by atoms with Gasteiger partial charge in [0.15, 0.2) is 0 Å². The summed E-state index contributed by atoms with van der Waals surface area (Å²) in [6.45, 7) is 12.4. The molecule has 1 unspecified atom stereocenters. The van der Waals surface area contributed by atoms with E-state index in [4.69, 9.17) is 5.73 Å². The van der Waals surface area contributed by atoms with Crippen LogP contribution in [-0.2, 0) is 0 Å². The van der Waals surface area contributed by atoms with Gasteiger partial charge in [0.05, 0.1) is 0 Å². The molecule has 0 aliphatic carbocycles. The quantitative estimate of drug-likeness (QED) is 0.623. The van der Waals surface area contributed by atoms with E-state index < -0.39 is 0 Å². The molecule has 0 aliphatic heterocycles. The van der Waals surface area contributed by atoms with Gasteiger partial charge in [-0.05, 0) is 25.2 Å². The molecule has 0 radical (unpaired) electrons. The zero-order chi connectivity index (χ0) is 9.07. The summed E-state index contributed by atoms with van der Waals surface area (Å²) in [7, 11) is 0. The molecule has 0 saturated carbocycles. The molecule has 1 heteroatoms. The fourth-order valence-corrected chi connectivity index (χ4v) is 0.835. The van der Waals surface area contributed by atoms with Crippen LogP contribution in [0.15, 0.2) is 12.2 Å². The molecule has 66 valence electrons. The van der Waals surface area contributed by atoms with Crippen molar-refractivity contribution in [2.45, 2.75) is 46.6 Å². The molecular weight excluding hydrogens is 134 g/mol. The van der Waals surface area contributed by atoms with Crippen LogP contribution in [0.1, 0.15) is 40.5 Å². The maximum absolute atomic E-state index is 5.96. The minimum Gasteiger partial charge on any atom is -0.327 e. The Morgan fingerprint density at radius 2 is 1.91 bits per heavy atom. The van der Waals surface area contributed by atoms with Crippen molar-refractivity contribution in [3.05, 3.63) is 12.2 Å². The van der Waals surface area contributed by atoms with Crippen LogP contribution >= 0.6 is 0 Å². The standard InChI is InChI=1S/C10H21N/c1-8(2)6-7-9(11)10(3,4)5/h9H,1,6-7,11H2,2-5H3. The molecule has 0 spiro atoms. The first kappa shape index (κ1) is 10.7. The smallest absolute Gasteiger partial charge is 0.00906 e. The molecule has 0 aliphatic rings. The van der Waals surface area contributed by atoms with Gasteiger partial charge in [-0.2, -0.15) is 0 Å². The first-order valence-corrected chi connectivity index (χ1v) is 4.24. The average molecular weight is 155 g/mol. The number of hydrogen-bond acceptors (Lipinski definition) is 1. The predicted molar refractivity (Wildman–Crippen MR) is 51.5 cm³/mol. The van der Waals surface area contributed by atoms with Gasteiger partial charge in [0.1, 0.15) is 0 Å². The van der Waals surface area contributed by atoms with Crippen molar-refractivity contribution in [3.8, 4) is 0 Å². The highest BCUT2D eigenvalue weighted by Gasteiger charge is 2.19. The second kappa shape index (κ2) is 3.91. The number of rotatable bonds is 3. The van der Waals surface area contributed by atoms with Gasteiger partial charge in [-0.25, -0.2) is 0 Å². The van der Waals surface area contributed by atoms with E-state index in [1.165, 1.54) is 5.57 Å². The van der Waals surface area contributed by atoms with Crippen molar-refractivity contribution in [1.82, 2.24) is 0 Å². The molecule has 0 rings (SSSR count). The van der Waals surface area contributed by atoms with Crippen LogP contribution in [0.5, 0.6) is 0 Å². The van der Waals surface area contributed by atoms with Crippen LogP contribution in [0.25, 0.3) is 0 Å². The lowest BCUT2D eigenvalue weighted by molar-refractivity contribution is 0.306. The van der Waals surface area contributed by atoms with Crippen molar-refractivity contribution in [2.75, 3.05) is 0 Å². The molecule has 0 fully saturated rings. The summed E-state index contributed by atoms with van der Waals surface area (Å²) in [6.07, 6.45) is 2.11. The highest BCUT2D eigenvalue weighted by Crippen LogP contribution is 2.21. The lowest BCUT2D eigenvalue weighted by Crippen LogP contribution is -2.34. The Bertz CT molecular complexity index is 130. The molecule has 0 aromatic rings. The fourth-order valence-electron chi connectivity index (χ4n) is 0.835. The van der Waals surface area contributed by atoms with Crippen molar-refractivity contribution in [2.24, 2.45) is 11.1 Å². The van der Waals surface area contributed by atoms with Crippen molar-refractivity contribution in [3.63, 3.8) is 0 Å². The van der Waals surface area contributed by atoms with Crippen LogP contribution in [0.4, 0.5) is 0 Å². The lowest BCUT2D eigenvalue weighted by atomic mass is 9.84. The zero-order valence-corrected chi connectivity index (χ0v) is 8.28. The summed E-state index contributed by atoms with van der Waals surface area (Å²) in [4.78, 5) is 0. The Hall–Kier alpha value is -0.300. The van der Waals surface area contributed by atoms with E-state index in [0.29, 0.717) is 6.04 Å². The van der Waals surface area contributed by atoms with E-state index in [-0.39, 0.29) is 5.41 Å². The molecule has 0 bridgehead atoms. The van der Waals surface area contributed by atoms with E-state index in [1.54, 1.807) is 0 Å². The lowest BCUT2D eigenvalue weighted by Gasteiger charge is -2.26. The number of allylic oxidation sites excluding steroid dienone is 1. The van der Waals surface area contributed by atoms with Crippen molar-refractivity contribution in [1.29, 1.82) is 0 Å². The maximum atomic E-state index is 5.96. The fraction of sp³-hybridized carbons (Fsp3) is 0.800. The molecular formula is C10H21N. The summed E-state index contributed by atoms with van der Waals surface area (Å²) < 4.78 is 0. The highest BCUT2D eigenvalue weighted by molar-refractivity contribution is 4.90. The molecule has 2 N–H and O–H groups in total. The van der Waals surface area contributed by atoms with Gasteiger partial charge in [0.2, 0.25) is 0 Å². The van der Waals surface area contributed by atoms with Gasteiger partial charge in [0.25, 0.3) is 0 Å². The molecule has 0 amide bonds. The molecule has 11 heavy (non-hydrogen) atoms. The van der Waals surface area contributed by atoms with Gasteiger partial charge >= 0.3 is 0 Å². The largest absolute Gasteiger partial charge is 0.327 e. The van der Waals surface area contributed by atoms with Crippen LogP contribution in [-0.4, -0.2) is 6.04 Å². The summed E-state index contributed by atoms with van der Waals surface area (Å²) >= 11 is 0. The number of hydrogen-bond donors (Lipinski definition) is 1. The Morgan fingerprint density at radius 1 is 1.45 bits per heavy atom. The van der Waals surface area contributed by atoms with E-state index in [9.17, 15) is 0 Å². The van der Waals surface area contributed by atoms with Crippen LogP contribution in [0.2, 0.25) is 0 Å². The molecule has 0 aromatic carbocycles. The summed E-state index contributed by atoms with van der Waals surface area (Å²) in [6, 6.07) is 0.291.